The van der Waals surface area contributed by atoms with Gasteiger partial charge in [-0.15, -0.1) is 0 Å². The zero-order chi connectivity index (χ0) is 14.8. The van der Waals surface area contributed by atoms with Crippen molar-refractivity contribution in [1.29, 1.82) is 0 Å². The molecule has 110 valence electrons. The van der Waals surface area contributed by atoms with Crippen molar-refractivity contribution in [2.24, 2.45) is 5.73 Å². The minimum absolute atomic E-state index is 0.00360. The molecule has 6 nitrogen and oxygen atoms in total. The van der Waals surface area contributed by atoms with E-state index in [2.05, 4.69) is 9.88 Å². The molecule has 0 bridgehead atoms. The van der Waals surface area contributed by atoms with Gasteiger partial charge >= 0.3 is 0 Å². The average Bonchev–Trinajstić information content (AvgIpc) is 2.64. The fraction of sp³-hybridized carbons (Fsp3) is 0.500. The fourth-order valence-electron chi connectivity index (χ4n) is 2.19. The second-order valence-electron chi connectivity index (χ2n) is 4.78. The third-order valence-corrected chi connectivity index (χ3v) is 5.42. The van der Waals surface area contributed by atoms with Crippen molar-refractivity contribution in [3.63, 3.8) is 0 Å². The summed E-state index contributed by atoms with van der Waals surface area (Å²) in [7, 11) is -1.62. The Kier molecular flexibility index (Phi) is 4.69. The van der Waals surface area contributed by atoms with Crippen LogP contribution in [-0.2, 0) is 10.0 Å². The molecular weight excluding hydrogens is 296 g/mol. The number of sulfonamides is 1. The van der Waals surface area contributed by atoms with Gasteiger partial charge in [0.1, 0.15) is 15.6 Å². The first-order valence-corrected chi connectivity index (χ1v) is 8.21. The van der Waals surface area contributed by atoms with Crippen LogP contribution in [0.4, 0.5) is 0 Å². The van der Waals surface area contributed by atoms with Crippen LogP contribution in [0.3, 0.4) is 0 Å². The van der Waals surface area contributed by atoms with Gasteiger partial charge in [-0.1, -0.05) is 12.2 Å². The predicted molar refractivity (Wildman–Crippen MR) is 81.0 cm³/mol. The summed E-state index contributed by atoms with van der Waals surface area (Å²) in [5.41, 5.74) is 5.74. The van der Waals surface area contributed by atoms with E-state index in [0.717, 1.165) is 13.0 Å². The molecule has 0 amide bonds. The maximum atomic E-state index is 12.7. The SMILES string of the molecule is CN1CCCN(S(=O)(=O)c2cccnc2C(N)=S)CC1. The molecule has 8 heteroatoms. The highest BCUT2D eigenvalue weighted by atomic mass is 32.2. The van der Waals surface area contributed by atoms with E-state index < -0.39 is 10.0 Å². The van der Waals surface area contributed by atoms with Gasteiger partial charge in [-0.05, 0) is 32.1 Å². The van der Waals surface area contributed by atoms with Crippen LogP contribution < -0.4 is 5.73 Å². The third kappa shape index (κ3) is 3.14. The standard InChI is InChI=1S/C12H18N4O2S2/c1-15-6-3-7-16(9-8-15)20(17,18)10-4-2-5-14-11(10)12(13)19/h2,4-5H,3,6-9H2,1H3,(H2,13,19). The number of hydrogen-bond donors (Lipinski definition) is 1. The van der Waals surface area contributed by atoms with Crippen molar-refractivity contribution in [1.82, 2.24) is 14.2 Å². The Hall–Kier alpha value is -1.09. The second kappa shape index (κ2) is 6.13. The van der Waals surface area contributed by atoms with Gasteiger partial charge in [0.15, 0.2) is 0 Å². The smallest absolute Gasteiger partial charge is 0.245 e. The van der Waals surface area contributed by atoms with Crippen molar-refractivity contribution in [3.8, 4) is 0 Å². The van der Waals surface area contributed by atoms with Crippen LogP contribution in [0.5, 0.6) is 0 Å². The number of aromatic nitrogens is 1. The first-order chi connectivity index (χ1) is 9.43. The molecule has 1 aromatic heterocycles. The molecule has 0 saturated carbocycles. The van der Waals surface area contributed by atoms with Gasteiger partial charge in [-0.2, -0.15) is 4.31 Å². The van der Waals surface area contributed by atoms with Crippen molar-refractivity contribution in [2.75, 3.05) is 33.2 Å². The molecule has 0 aliphatic carbocycles. The third-order valence-electron chi connectivity index (χ3n) is 3.30. The van der Waals surface area contributed by atoms with Gasteiger partial charge in [0.05, 0.1) is 0 Å². The van der Waals surface area contributed by atoms with Gasteiger partial charge in [0, 0.05) is 25.8 Å². The topological polar surface area (TPSA) is 79.5 Å². The quantitative estimate of drug-likeness (QED) is 0.794. The zero-order valence-electron chi connectivity index (χ0n) is 11.3. The van der Waals surface area contributed by atoms with Crippen molar-refractivity contribution >= 4 is 27.2 Å². The van der Waals surface area contributed by atoms with Crippen LogP contribution in [0, 0.1) is 0 Å². The fourth-order valence-corrected chi connectivity index (χ4v) is 4.04. The molecule has 0 spiro atoms. The number of nitrogens with zero attached hydrogens (tertiary/aromatic N) is 3. The molecule has 0 unspecified atom stereocenters. The summed E-state index contributed by atoms with van der Waals surface area (Å²) in [6.07, 6.45) is 2.29. The summed E-state index contributed by atoms with van der Waals surface area (Å²) < 4.78 is 26.9. The Balaban J connectivity index is 2.37. The van der Waals surface area contributed by atoms with E-state index in [4.69, 9.17) is 18.0 Å². The highest BCUT2D eigenvalue weighted by molar-refractivity contribution is 7.89. The molecule has 0 radical (unpaired) electrons. The monoisotopic (exact) mass is 314 g/mol. The maximum absolute atomic E-state index is 12.7. The summed E-state index contributed by atoms with van der Waals surface area (Å²) >= 11 is 4.89. The van der Waals surface area contributed by atoms with Crippen LogP contribution in [0.2, 0.25) is 0 Å². The first-order valence-electron chi connectivity index (χ1n) is 6.36. The van der Waals surface area contributed by atoms with Crippen LogP contribution >= 0.6 is 12.2 Å². The number of likely N-dealkylation sites (N-methyl/N-ethyl adjacent to an activating group) is 1. The van der Waals surface area contributed by atoms with Gasteiger partial charge in [0.2, 0.25) is 10.0 Å². The van der Waals surface area contributed by atoms with E-state index in [1.54, 1.807) is 6.07 Å². The highest BCUT2D eigenvalue weighted by Crippen LogP contribution is 2.20. The maximum Gasteiger partial charge on any atom is 0.245 e. The lowest BCUT2D eigenvalue weighted by Gasteiger charge is -2.21. The largest absolute Gasteiger partial charge is 0.388 e. The second-order valence-corrected chi connectivity index (χ2v) is 7.12. The molecule has 1 fully saturated rings. The van der Waals surface area contributed by atoms with Gasteiger partial charge in [0.25, 0.3) is 0 Å². The molecule has 1 aromatic rings. The Morgan fingerprint density at radius 2 is 2.10 bits per heavy atom. The molecule has 2 heterocycles. The van der Waals surface area contributed by atoms with E-state index in [1.807, 2.05) is 7.05 Å². The Bertz CT molecular complexity index is 603. The minimum Gasteiger partial charge on any atom is -0.388 e. The summed E-state index contributed by atoms with van der Waals surface area (Å²) in [5.74, 6) is 0. The lowest BCUT2D eigenvalue weighted by atomic mass is 10.3. The Labute approximate surface area is 124 Å². The lowest BCUT2D eigenvalue weighted by Crippen LogP contribution is -2.35. The molecule has 1 aliphatic rings. The van der Waals surface area contributed by atoms with Gasteiger partial charge in [-0.25, -0.2) is 8.42 Å². The molecule has 20 heavy (non-hydrogen) atoms. The summed E-state index contributed by atoms with van der Waals surface area (Å²) in [5, 5.41) is 0. The first kappa shape index (κ1) is 15.3. The van der Waals surface area contributed by atoms with Crippen molar-refractivity contribution in [2.45, 2.75) is 11.3 Å². The van der Waals surface area contributed by atoms with E-state index in [0.29, 0.717) is 19.6 Å². The van der Waals surface area contributed by atoms with Crippen LogP contribution in [0.1, 0.15) is 12.1 Å². The van der Waals surface area contributed by atoms with Crippen molar-refractivity contribution < 1.29 is 8.42 Å². The summed E-state index contributed by atoms with van der Waals surface area (Å²) in [4.78, 5) is 6.20. The van der Waals surface area contributed by atoms with Crippen LogP contribution in [-0.4, -0.2) is 60.8 Å². The molecule has 2 rings (SSSR count). The van der Waals surface area contributed by atoms with E-state index in [-0.39, 0.29) is 15.6 Å². The number of rotatable bonds is 3. The minimum atomic E-state index is -3.61. The molecule has 1 aliphatic heterocycles. The summed E-state index contributed by atoms with van der Waals surface area (Å²) in [6.45, 7) is 2.56. The molecule has 2 N–H and O–H groups in total. The highest BCUT2D eigenvalue weighted by Gasteiger charge is 2.29. The van der Waals surface area contributed by atoms with Crippen molar-refractivity contribution in [3.05, 3.63) is 24.0 Å². The number of nitrogens with two attached hydrogens (primary N) is 1. The number of hydrogen-bond acceptors (Lipinski definition) is 5. The Morgan fingerprint density at radius 1 is 1.35 bits per heavy atom. The van der Waals surface area contributed by atoms with E-state index >= 15 is 0 Å². The predicted octanol–water partition coefficient (Wildman–Crippen LogP) is 0.0420. The average molecular weight is 314 g/mol. The molecule has 0 aromatic carbocycles. The van der Waals surface area contributed by atoms with Crippen LogP contribution in [0.25, 0.3) is 0 Å². The van der Waals surface area contributed by atoms with E-state index in [1.165, 1.54) is 16.6 Å². The lowest BCUT2D eigenvalue weighted by molar-refractivity contribution is 0.347. The molecule has 1 saturated heterocycles. The zero-order valence-corrected chi connectivity index (χ0v) is 13.0. The molecule has 0 atom stereocenters. The van der Waals surface area contributed by atoms with Gasteiger partial charge in [-0.3, -0.25) is 4.98 Å². The summed E-state index contributed by atoms with van der Waals surface area (Å²) in [6, 6.07) is 3.09. The normalized spacial score (nSPS) is 18.6. The van der Waals surface area contributed by atoms with Gasteiger partial charge < -0.3 is 10.6 Å². The number of pyridine rings is 1. The Morgan fingerprint density at radius 3 is 2.80 bits per heavy atom. The van der Waals surface area contributed by atoms with Crippen LogP contribution in [0.15, 0.2) is 23.2 Å². The molecular formula is C12H18N4O2S2. The van der Waals surface area contributed by atoms with E-state index in [9.17, 15) is 8.42 Å². The number of thiocarbonyl (C=S) groups is 1.